The topological polar surface area (TPSA) is 95.6 Å². The Morgan fingerprint density at radius 2 is 1.63 bits per heavy atom. The second-order valence-corrected chi connectivity index (χ2v) is 9.36. The molecule has 3 rings (SSSR count). The quantitative estimate of drug-likeness (QED) is 0.730. The standard InChI is InChI=1S/C21H24ClN3O4S/c1-23-21(27)16-8-4-5-9-18(16)24-20(26)15-10-11-17(22)19(14-15)30(28,29)25-12-6-2-3-7-13-25/h4-5,8-11,14H,2-3,6-7,12-13H2,1H3,(H,23,27)(H,24,26). The minimum Gasteiger partial charge on any atom is -0.355 e. The highest BCUT2D eigenvalue weighted by molar-refractivity contribution is 7.89. The van der Waals surface area contributed by atoms with Crippen molar-refractivity contribution in [1.82, 2.24) is 9.62 Å². The molecule has 2 N–H and O–H groups in total. The summed E-state index contributed by atoms with van der Waals surface area (Å²) in [6, 6.07) is 10.7. The van der Waals surface area contributed by atoms with Crippen LogP contribution in [0.15, 0.2) is 47.4 Å². The number of nitrogens with one attached hydrogen (secondary N) is 2. The summed E-state index contributed by atoms with van der Waals surface area (Å²) < 4.78 is 27.7. The number of carbonyl (C=O) groups is 2. The second-order valence-electron chi connectivity index (χ2n) is 7.04. The maximum Gasteiger partial charge on any atom is 0.255 e. The van der Waals surface area contributed by atoms with Crippen LogP contribution >= 0.6 is 11.6 Å². The molecule has 0 unspecified atom stereocenters. The fourth-order valence-electron chi connectivity index (χ4n) is 3.38. The number of sulfonamides is 1. The number of rotatable bonds is 5. The van der Waals surface area contributed by atoms with Gasteiger partial charge in [-0.05, 0) is 43.2 Å². The molecule has 7 nitrogen and oxygen atoms in total. The van der Waals surface area contributed by atoms with E-state index in [1.54, 1.807) is 24.3 Å². The van der Waals surface area contributed by atoms with Crippen molar-refractivity contribution in [2.75, 3.05) is 25.5 Å². The predicted molar refractivity (Wildman–Crippen MR) is 116 cm³/mol. The maximum absolute atomic E-state index is 13.1. The molecular formula is C21H24ClN3O4S. The second kappa shape index (κ2) is 9.59. The molecule has 9 heteroatoms. The minimum atomic E-state index is -3.81. The monoisotopic (exact) mass is 449 g/mol. The largest absolute Gasteiger partial charge is 0.355 e. The lowest BCUT2D eigenvalue weighted by Gasteiger charge is -2.21. The van der Waals surface area contributed by atoms with Gasteiger partial charge in [0, 0.05) is 25.7 Å². The molecule has 1 aliphatic rings. The molecular weight excluding hydrogens is 426 g/mol. The molecule has 160 valence electrons. The minimum absolute atomic E-state index is 0.0709. The number of halogens is 1. The van der Waals surface area contributed by atoms with Gasteiger partial charge >= 0.3 is 0 Å². The number of hydrogen-bond acceptors (Lipinski definition) is 4. The van der Waals surface area contributed by atoms with E-state index in [0.717, 1.165) is 25.7 Å². The summed E-state index contributed by atoms with van der Waals surface area (Å²) in [5.41, 5.74) is 0.771. The molecule has 0 spiro atoms. The third-order valence-electron chi connectivity index (χ3n) is 5.02. The summed E-state index contributed by atoms with van der Waals surface area (Å²) in [7, 11) is -2.31. The fourth-order valence-corrected chi connectivity index (χ4v) is 5.40. The van der Waals surface area contributed by atoms with Crippen molar-refractivity contribution in [2.45, 2.75) is 30.6 Å². The van der Waals surface area contributed by atoms with Crippen molar-refractivity contribution in [3.05, 3.63) is 58.6 Å². The highest BCUT2D eigenvalue weighted by atomic mass is 35.5. The molecule has 1 aliphatic heterocycles. The van der Waals surface area contributed by atoms with Crippen LogP contribution in [-0.2, 0) is 10.0 Å². The van der Waals surface area contributed by atoms with Crippen LogP contribution in [0.1, 0.15) is 46.4 Å². The van der Waals surface area contributed by atoms with E-state index in [2.05, 4.69) is 10.6 Å². The number of nitrogens with zero attached hydrogens (tertiary/aromatic N) is 1. The lowest BCUT2D eigenvalue weighted by Crippen LogP contribution is -2.32. The smallest absolute Gasteiger partial charge is 0.255 e. The van der Waals surface area contributed by atoms with Crippen molar-refractivity contribution in [1.29, 1.82) is 0 Å². The Morgan fingerprint density at radius 1 is 0.967 bits per heavy atom. The summed E-state index contributed by atoms with van der Waals surface area (Å²) in [5, 5.41) is 5.27. The molecule has 1 fully saturated rings. The SMILES string of the molecule is CNC(=O)c1ccccc1NC(=O)c1ccc(Cl)c(S(=O)(=O)N2CCCCCC2)c1. The average molecular weight is 450 g/mol. The van der Waals surface area contributed by atoms with Gasteiger partial charge in [-0.1, -0.05) is 36.6 Å². The summed E-state index contributed by atoms with van der Waals surface area (Å²) in [5.74, 6) is -0.873. The van der Waals surface area contributed by atoms with E-state index in [1.807, 2.05) is 0 Å². The Kier molecular flexibility index (Phi) is 7.12. The summed E-state index contributed by atoms with van der Waals surface area (Å²) in [6.45, 7) is 0.878. The highest BCUT2D eigenvalue weighted by Gasteiger charge is 2.28. The zero-order valence-electron chi connectivity index (χ0n) is 16.7. The van der Waals surface area contributed by atoms with Crippen LogP contribution in [0.4, 0.5) is 5.69 Å². The van der Waals surface area contributed by atoms with Crippen molar-refractivity contribution in [3.63, 3.8) is 0 Å². The Balaban J connectivity index is 1.90. The van der Waals surface area contributed by atoms with Crippen LogP contribution < -0.4 is 10.6 Å². The van der Waals surface area contributed by atoms with Crippen LogP contribution in [0, 0.1) is 0 Å². The molecule has 2 amide bonds. The van der Waals surface area contributed by atoms with E-state index in [1.165, 1.54) is 29.6 Å². The molecule has 0 atom stereocenters. The number of benzene rings is 2. The van der Waals surface area contributed by atoms with E-state index in [9.17, 15) is 18.0 Å². The predicted octanol–water partition coefficient (Wildman–Crippen LogP) is 3.52. The van der Waals surface area contributed by atoms with E-state index in [4.69, 9.17) is 11.6 Å². The van der Waals surface area contributed by atoms with Gasteiger partial charge in [-0.15, -0.1) is 0 Å². The molecule has 0 bridgehead atoms. The van der Waals surface area contributed by atoms with Crippen molar-refractivity contribution in [3.8, 4) is 0 Å². The number of para-hydroxylation sites is 1. The molecule has 2 aromatic rings. The number of carbonyl (C=O) groups excluding carboxylic acids is 2. The Morgan fingerprint density at radius 3 is 2.30 bits per heavy atom. The Bertz CT molecular complexity index is 1050. The van der Waals surface area contributed by atoms with Crippen molar-refractivity contribution < 1.29 is 18.0 Å². The zero-order chi connectivity index (χ0) is 21.7. The van der Waals surface area contributed by atoms with Gasteiger partial charge in [0.15, 0.2) is 0 Å². The lowest BCUT2D eigenvalue weighted by molar-refractivity contribution is 0.0964. The van der Waals surface area contributed by atoms with Crippen molar-refractivity contribution >= 4 is 39.1 Å². The normalized spacial score (nSPS) is 15.3. The van der Waals surface area contributed by atoms with E-state index < -0.39 is 15.9 Å². The molecule has 0 saturated carbocycles. The molecule has 0 aliphatic carbocycles. The first-order valence-electron chi connectivity index (χ1n) is 9.77. The van der Waals surface area contributed by atoms with Gasteiger partial charge in [-0.3, -0.25) is 9.59 Å². The first-order valence-corrected chi connectivity index (χ1v) is 11.6. The van der Waals surface area contributed by atoms with Crippen LogP contribution in [-0.4, -0.2) is 44.7 Å². The van der Waals surface area contributed by atoms with Gasteiger partial charge in [0.2, 0.25) is 10.0 Å². The van der Waals surface area contributed by atoms with Crippen molar-refractivity contribution in [2.24, 2.45) is 0 Å². The van der Waals surface area contributed by atoms with Gasteiger partial charge in [0.1, 0.15) is 4.90 Å². The number of hydrogen-bond donors (Lipinski definition) is 2. The third kappa shape index (κ3) is 4.83. The number of amides is 2. The first kappa shape index (κ1) is 22.3. The third-order valence-corrected chi connectivity index (χ3v) is 7.40. The van der Waals surface area contributed by atoms with E-state index in [0.29, 0.717) is 24.3 Å². The zero-order valence-corrected chi connectivity index (χ0v) is 18.2. The molecule has 2 aromatic carbocycles. The van der Waals surface area contributed by atoms with Crippen LogP contribution in [0.5, 0.6) is 0 Å². The molecule has 1 heterocycles. The van der Waals surface area contributed by atoms with Gasteiger partial charge < -0.3 is 10.6 Å². The summed E-state index contributed by atoms with van der Waals surface area (Å²) in [6.07, 6.45) is 3.58. The molecule has 1 saturated heterocycles. The fraction of sp³-hybridized carbons (Fsp3) is 0.333. The van der Waals surface area contributed by atoms with E-state index in [-0.39, 0.29) is 21.4 Å². The highest BCUT2D eigenvalue weighted by Crippen LogP contribution is 2.28. The van der Waals surface area contributed by atoms with Gasteiger partial charge in [-0.2, -0.15) is 4.31 Å². The average Bonchev–Trinajstić information content (AvgIpc) is 3.04. The van der Waals surface area contributed by atoms with Crippen LogP contribution in [0.25, 0.3) is 0 Å². The molecule has 30 heavy (non-hydrogen) atoms. The summed E-state index contributed by atoms with van der Waals surface area (Å²) in [4.78, 5) is 24.7. The van der Waals surface area contributed by atoms with Gasteiger partial charge in [-0.25, -0.2) is 8.42 Å². The first-order chi connectivity index (χ1) is 14.3. The van der Waals surface area contributed by atoms with Gasteiger partial charge in [0.05, 0.1) is 16.3 Å². The van der Waals surface area contributed by atoms with E-state index >= 15 is 0 Å². The summed E-state index contributed by atoms with van der Waals surface area (Å²) >= 11 is 6.20. The Labute approximate surface area is 181 Å². The van der Waals surface area contributed by atoms with Crippen LogP contribution in [0.3, 0.4) is 0 Å². The lowest BCUT2D eigenvalue weighted by atomic mass is 10.1. The van der Waals surface area contributed by atoms with Gasteiger partial charge in [0.25, 0.3) is 11.8 Å². The molecule has 0 aromatic heterocycles. The number of anilines is 1. The maximum atomic E-state index is 13.1. The van der Waals surface area contributed by atoms with Crippen LogP contribution in [0.2, 0.25) is 5.02 Å². The molecule has 0 radical (unpaired) electrons. The Hall–Kier alpha value is -2.42.